The fourth-order valence-electron chi connectivity index (χ4n) is 2.71. The maximum Gasteiger partial charge on any atom is 0.156 e. The first kappa shape index (κ1) is 11.2. The average molecular weight is 263 g/mol. The van der Waals surface area contributed by atoms with Crippen LogP contribution in [0.1, 0.15) is 0 Å². The molecule has 4 heteroatoms. The molecule has 0 saturated heterocycles. The molecule has 2 aromatic carbocycles. The molecule has 0 aliphatic carbocycles. The molecule has 0 amide bonds. The minimum absolute atomic E-state index is 0.309. The van der Waals surface area contributed by atoms with Gasteiger partial charge in [0.15, 0.2) is 5.49 Å². The molecule has 0 radical (unpaired) electrons. The molecule has 1 N–H and O–H groups in total. The van der Waals surface area contributed by atoms with Crippen LogP contribution in [0.2, 0.25) is 0 Å². The van der Waals surface area contributed by atoms with Crippen molar-refractivity contribution in [2.24, 2.45) is 0 Å². The van der Waals surface area contributed by atoms with Gasteiger partial charge in [-0.3, -0.25) is 5.41 Å². The molecule has 4 rings (SSSR count). The summed E-state index contributed by atoms with van der Waals surface area (Å²) in [6.45, 7) is 1.34. The Kier molecular flexibility index (Phi) is 2.36. The van der Waals surface area contributed by atoms with Gasteiger partial charge in [-0.05, 0) is 24.3 Å². The molecule has 1 aliphatic heterocycles. The molecular weight excluding hydrogens is 250 g/mol. The van der Waals surface area contributed by atoms with Crippen molar-refractivity contribution in [2.75, 3.05) is 6.61 Å². The first-order chi connectivity index (χ1) is 9.84. The first-order valence-electron chi connectivity index (χ1n) is 6.61. The standard InChI is InChI=1S/C16H13N3O/c17-15-11-5-1-3-7-13(11)19-9-10-20-14-8-4-2-6-12(14)16(19)18-15/h1-8,17H,9-10H2. The summed E-state index contributed by atoms with van der Waals surface area (Å²) in [6.07, 6.45) is 0. The number of fused-ring (bicyclic) bond motifs is 5. The van der Waals surface area contributed by atoms with Gasteiger partial charge in [0.05, 0.1) is 17.6 Å². The second-order valence-corrected chi connectivity index (χ2v) is 4.80. The highest BCUT2D eigenvalue weighted by Gasteiger charge is 2.17. The van der Waals surface area contributed by atoms with Crippen LogP contribution in [0.25, 0.3) is 22.3 Å². The molecule has 98 valence electrons. The van der Waals surface area contributed by atoms with Crippen molar-refractivity contribution in [1.82, 2.24) is 9.55 Å². The second kappa shape index (κ2) is 4.20. The lowest BCUT2D eigenvalue weighted by Gasteiger charge is -2.13. The third kappa shape index (κ3) is 1.54. The highest BCUT2D eigenvalue weighted by Crippen LogP contribution is 2.31. The van der Waals surface area contributed by atoms with Crippen LogP contribution < -0.4 is 10.2 Å². The van der Waals surface area contributed by atoms with E-state index < -0.39 is 0 Å². The van der Waals surface area contributed by atoms with Gasteiger partial charge in [0.2, 0.25) is 0 Å². The normalized spacial score (nSPS) is 13.2. The number of nitrogens with one attached hydrogen (secondary N) is 1. The van der Waals surface area contributed by atoms with Gasteiger partial charge in [-0.15, -0.1) is 0 Å². The summed E-state index contributed by atoms with van der Waals surface area (Å²) in [7, 11) is 0. The van der Waals surface area contributed by atoms with E-state index in [9.17, 15) is 0 Å². The number of hydrogen-bond acceptors (Lipinski definition) is 3. The average Bonchev–Trinajstić information content (AvgIpc) is 2.68. The van der Waals surface area contributed by atoms with E-state index in [1.54, 1.807) is 0 Å². The van der Waals surface area contributed by atoms with E-state index in [1.807, 2.05) is 48.5 Å². The van der Waals surface area contributed by atoms with Crippen LogP contribution in [0.4, 0.5) is 0 Å². The molecule has 20 heavy (non-hydrogen) atoms. The molecule has 0 atom stereocenters. The maximum atomic E-state index is 8.15. The van der Waals surface area contributed by atoms with Crippen molar-refractivity contribution in [3.05, 3.63) is 54.0 Å². The minimum Gasteiger partial charge on any atom is -0.491 e. The molecule has 1 aliphatic rings. The Morgan fingerprint density at radius 3 is 2.80 bits per heavy atom. The Morgan fingerprint density at radius 2 is 1.85 bits per heavy atom. The maximum absolute atomic E-state index is 8.15. The predicted molar refractivity (Wildman–Crippen MR) is 76.5 cm³/mol. The number of hydrogen-bond donors (Lipinski definition) is 1. The van der Waals surface area contributed by atoms with Gasteiger partial charge >= 0.3 is 0 Å². The zero-order valence-electron chi connectivity index (χ0n) is 10.8. The van der Waals surface area contributed by atoms with E-state index >= 15 is 0 Å². The van der Waals surface area contributed by atoms with Crippen LogP contribution in [-0.4, -0.2) is 16.2 Å². The van der Waals surface area contributed by atoms with E-state index in [2.05, 4.69) is 9.55 Å². The number of aromatic nitrogens is 2. The molecule has 3 aromatic rings. The zero-order chi connectivity index (χ0) is 13.5. The van der Waals surface area contributed by atoms with E-state index in [0.29, 0.717) is 12.1 Å². The number of nitrogens with zero attached hydrogens (tertiary/aromatic N) is 2. The van der Waals surface area contributed by atoms with Gasteiger partial charge in [0.25, 0.3) is 0 Å². The van der Waals surface area contributed by atoms with E-state index in [1.165, 1.54) is 0 Å². The molecule has 2 heterocycles. The lowest BCUT2D eigenvalue weighted by atomic mass is 10.1. The number of benzene rings is 2. The van der Waals surface area contributed by atoms with Crippen LogP contribution in [0, 0.1) is 5.41 Å². The Hall–Kier alpha value is -2.62. The summed E-state index contributed by atoms with van der Waals surface area (Å²) in [5.41, 5.74) is 2.29. The molecule has 0 fully saturated rings. The van der Waals surface area contributed by atoms with Gasteiger partial charge in [0.1, 0.15) is 18.2 Å². The third-order valence-corrected chi connectivity index (χ3v) is 3.62. The zero-order valence-corrected chi connectivity index (χ0v) is 10.8. The first-order valence-corrected chi connectivity index (χ1v) is 6.61. The highest BCUT2D eigenvalue weighted by atomic mass is 16.5. The molecule has 0 bridgehead atoms. The molecule has 0 unspecified atom stereocenters. The van der Waals surface area contributed by atoms with Crippen molar-refractivity contribution in [3.8, 4) is 17.1 Å². The Bertz CT molecular complexity index is 867. The number of ether oxygens (including phenoxy) is 1. The van der Waals surface area contributed by atoms with Crippen molar-refractivity contribution < 1.29 is 4.74 Å². The number of rotatable bonds is 0. The van der Waals surface area contributed by atoms with Gasteiger partial charge in [0, 0.05) is 5.39 Å². The van der Waals surface area contributed by atoms with E-state index in [4.69, 9.17) is 10.1 Å². The monoisotopic (exact) mass is 263 g/mol. The summed E-state index contributed by atoms with van der Waals surface area (Å²) < 4.78 is 7.94. The minimum atomic E-state index is 0.309. The van der Waals surface area contributed by atoms with Crippen LogP contribution in [0.3, 0.4) is 0 Å². The van der Waals surface area contributed by atoms with Crippen molar-refractivity contribution in [3.63, 3.8) is 0 Å². The Morgan fingerprint density at radius 1 is 1.05 bits per heavy atom. The smallest absolute Gasteiger partial charge is 0.156 e. The second-order valence-electron chi connectivity index (χ2n) is 4.80. The molecule has 0 spiro atoms. The fourth-order valence-corrected chi connectivity index (χ4v) is 2.71. The van der Waals surface area contributed by atoms with E-state index in [-0.39, 0.29) is 0 Å². The van der Waals surface area contributed by atoms with Gasteiger partial charge < -0.3 is 9.30 Å². The van der Waals surface area contributed by atoms with Crippen LogP contribution in [0.15, 0.2) is 48.5 Å². The van der Waals surface area contributed by atoms with Gasteiger partial charge in [-0.1, -0.05) is 24.3 Å². The summed E-state index contributed by atoms with van der Waals surface area (Å²) in [4.78, 5) is 4.49. The molecule has 4 nitrogen and oxygen atoms in total. The lowest BCUT2D eigenvalue weighted by molar-refractivity contribution is 0.308. The Balaban J connectivity index is 2.15. The summed E-state index contributed by atoms with van der Waals surface area (Å²) >= 11 is 0. The number of para-hydroxylation sites is 2. The lowest BCUT2D eigenvalue weighted by Crippen LogP contribution is -2.17. The summed E-state index contributed by atoms with van der Waals surface area (Å²) in [5.74, 6) is 1.64. The summed E-state index contributed by atoms with van der Waals surface area (Å²) in [6, 6.07) is 15.8. The molecule has 1 aromatic heterocycles. The SMILES string of the molecule is N=c1nc2n(c3ccccc13)CCOc1ccccc1-2. The predicted octanol–water partition coefficient (Wildman–Crippen LogP) is 2.58. The van der Waals surface area contributed by atoms with Gasteiger partial charge in [-0.25, -0.2) is 4.98 Å². The third-order valence-electron chi connectivity index (χ3n) is 3.62. The van der Waals surface area contributed by atoms with Crippen molar-refractivity contribution >= 4 is 10.9 Å². The van der Waals surface area contributed by atoms with Crippen LogP contribution in [0.5, 0.6) is 5.75 Å². The van der Waals surface area contributed by atoms with Crippen LogP contribution >= 0.6 is 0 Å². The van der Waals surface area contributed by atoms with Gasteiger partial charge in [-0.2, -0.15) is 0 Å². The highest BCUT2D eigenvalue weighted by molar-refractivity contribution is 5.81. The van der Waals surface area contributed by atoms with E-state index in [0.717, 1.165) is 34.6 Å². The van der Waals surface area contributed by atoms with Crippen molar-refractivity contribution in [2.45, 2.75) is 6.54 Å². The largest absolute Gasteiger partial charge is 0.491 e. The summed E-state index contributed by atoms with van der Waals surface area (Å²) in [5, 5.41) is 9.02. The quantitative estimate of drug-likeness (QED) is 0.677. The fraction of sp³-hybridized carbons (Fsp3) is 0.125. The molecular formula is C16H13N3O. The van der Waals surface area contributed by atoms with Crippen LogP contribution in [-0.2, 0) is 6.54 Å². The molecule has 0 saturated carbocycles. The Labute approximate surface area is 115 Å². The topological polar surface area (TPSA) is 50.9 Å². The van der Waals surface area contributed by atoms with Crippen molar-refractivity contribution in [1.29, 1.82) is 5.41 Å².